The SMILES string of the molecule is N#CCCCn1nc(-c2ccc(F)cc2)oc1=O. The van der Waals surface area contributed by atoms with Crippen molar-refractivity contribution in [2.24, 2.45) is 0 Å². The number of hydrogen-bond acceptors (Lipinski definition) is 4. The summed E-state index contributed by atoms with van der Waals surface area (Å²) >= 11 is 0. The van der Waals surface area contributed by atoms with Crippen molar-refractivity contribution in [1.29, 1.82) is 5.26 Å². The number of rotatable bonds is 4. The molecule has 0 spiro atoms. The third-order valence-corrected chi connectivity index (χ3v) is 2.36. The molecular formula is C12H10FN3O2. The lowest BCUT2D eigenvalue weighted by Gasteiger charge is -1.94. The molecule has 0 fully saturated rings. The van der Waals surface area contributed by atoms with Crippen LogP contribution in [0.25, 0.3) is 11.5 Å². The van der Waals surface area contributed by atoms with Crippen molar-refractivity contribution in [2.75, 3.05) is 0 Å². The summed E-state index contributed by atoms with van der Waals surface area (Å²) in [5.74, 6) is -0.793. The fraction of sp³-hybridized carbons (Fsp3) is 0.250. The highest BCUT2D eigenvalue weighted by Crippen LogP contribution is 2.15. The molecule has 0 aliphatic heterocycles. The van der Waals surface area contributed by atoms with Crippen LogP contribution in [-0.2, 0) is 6.54 Å². The van der Waals surface area contributed by atoms with Gasteiger partial charge in [0.15, 0.2) is 0 Å². The quantitative estimate of drug-likeness (QED) is 0.774. The van der Waals surface area contributed by atoms with Gasteiger partial charge in [0.05, 0.1) is 6.07 Å². The Kier molecular flexibility index (Phi) is 3.53. The Morgan fingerprint density at radius 2 is 2.11 bits per heavy atom. The second-order valence-corrected chi connectivity index (χ2v) is 3.66. The van der Waals surface area contributed by atoms with Crippen LogP contribution in [0.4, 0.5) is 4.39 Å². The summed E-state index contributed by atoms with van der Waals surface area (Å²) in [7, 11) is 0. The first-order chi connectivity index (χ1) is 8.70. The van der Waals surface area contributed by atoms with Gasteiger partial charge in [0, 0.05) is 18.5 Å². The standard InChI is InChI=1S/C12H10FN3O2/c13-10-5-3-9(4-6-10)11-15-16(12(17)18-11)8-2-1-7-14/h3-6H,1-2,8H2. The zero-order valence-electron chi connectivity index (χ0n) is 9.47. The lowest BCUT2D eigenvalue weighted by atomic mass is 10.2. The number of aryl methyl sites for hydroxylation is 1. The number of nitrogens with zero attached hydrogens (tertiary/aromatic N) is 3. The Bertz CT molecular complexity index is 622. The Labute approximate surface area is 102 Å². The molecule has 0 atom stereocenters. The smallest absolute Gasteiger partial charge is 0.388 e. The van der Waals surface area contributed by atoms with Gasteiger partial charge in [-0.25, -0.2) is 9.18 Å². The topological polar surface area (TPSA) is 71.8 Å². The lowest BCUT2D eigenvalue weighted by molar-refractivity contribution is 0.475. The molecule has 0 aliphatic rings. The molecule has 18 heavy (non-hydrogen) atoms. The summed E-state index contributed by atoms with van der Waals surface area (Å²) in [6, 6.07) is 7.50. The van der Waals surface area contributed by atoms with Crippen LogP contribution in [0.3, 0.4) is 0 Å². The summed E-state index contributed by atoms with van der Waals surface area (Å²) in [6.45, 7) is 0.330. The van der Waals surface area contributed by atoms with E-state index in [9.17, 15) is 9.18 Å². The Morgan fingerprint density at radius 3 is 2.78 bits per heavy atom. The highest BCUT2D eigenvalue weighted by atomic mass is 19.1. The van der Waals surface area contributed by atoms with Crippen LogP contribution in [0, 0.1) is 17.1 Å². The average Bonchev–Trinajstić information content (AvgIpc) is 2.72. The molecule has 0 N–H and O–H groups in total. The van der Waals surface area contributed by atoms with Crippen molar-refractivity contribution in [3.05, 3.63) is 40.6 Å². The van der Waals surface area contributed by atoms with E-state index in [2.05, 4.69) is 5.10 Å². The minimum Gasteiger partial charge on any atom is -0.388 e. The van der Waals surface area contributed by atoms with E-state index >= 15 is 0 Å². The lowest BCUT2D eigenvalue weighted by Crippen LogP contribution is -2.15. The van der Waals surface area contributed by atoms with E-state index in [1.165, 1.54) is 24.3 Å². The molecule has 0 amide bonds. The molecule has 92 valence electrons. The molecule has 1 heterocycles. The zero-order valence-corrected chi connectivity index (χ0v) is 9.47. The van der Waals surface area contributed by atoms with Crippen LogP contribution in [0.5, 0.6) is 0 Å². The minimum atomic E-state index is -0.577. The molecule has 1 aromatic heterocycles. The third kappa shape index (κ3) is 2.63. The fourth-order valence-corrected chi connectivity index (χ4v) is 1.46. The van der Waals surface area contributed by atoms with Crippen LogP contribution >= 0.6 is 0 Å². The first-order valence-corrected chi connectivity index (χ1v) is 5.41. The molecule has 0 radical (unpaired) electrons. The summed E-state index contributed by atoms with van der Waals surface area (Å²) in [6.07, 6.45) is 0.886. The van der Waals surface area contributed by atoms with Gasteiger partial charge < -0.3 is 4.42 Å². The van der Waals surface area contributed by atoms with Crippen molar-refractivity contribution >= 4 is 0 Å². The normalized spacial score (nSPS) is 10.2. The van der Waals surface area contributed by atoms with Crippen molar-refractivity contribution in [2.45, 2.75) is 19.4 Å². The number of unbranched alkanes of at least 4 members (excludes halogenated alkanes) is 1. The monoisotopic (exact) mass is 247 g/mol. The molecule has 0 saturated carbocycles. The minimum absolute atomic E-state index is 0.150. The predicted octanol–water partition coefficient (Wildman–Crippen LogP) is 1.95. The van der Waals surface area contributed by atoms with Gasteiger partial charge >= 0.3 is 5.76 Å². The molecule has 0 saturated heterocycles. The van der Waals surface area contributed by atoms with Crippen LogP contribution in [0.15, 0.2) is 33.5 Å². The highest BCUT2D eigenvalue weighted by molar-refractivity contribution is 5.51. The van der Waals surface area contributed by atoms with E-state index < -0.39 is 5.76 Å². The number of hydrogen-bond donors (Lipinski definition) is 0. The highest BCUT2D eigenvalue weighted by Gasteiger charge is 2.09. The van der Waals surface area contributed by atoms with E-state index in [0.29, 0.717) is 24.9 Å². The van der Waals surface area contributed by atoms with E-state index in [1.54, 1.807) is 0 Å². The van der Waals surface area contributed by atoms with Gasteiger partial charge in [-0.1, -0.05) is 0 Å². The summed E-state index contributed by atoms with van der Waals surface area (Å²) < 4.78 is 18.9. The number of aromatic nitrogens is 2. The van der Waals surface area contributed by atoms with E-state index in [0.717, 1.165) is 4.68 Å². The second kappa shape index (κ2) is 5.27. The van der Waals surface area contributed by atoms with E-state index in [-0.39, 0.29) is 11.7 Å². The summed E-state index contributed by atoms with van der Waals surface area (Å²) in [5.41, 5.74) is 0.535. The van der Waals surface area contributed by atoms with Crippen molar-refractivity contribution in [3.8, 4) is 17.5 Å². The molecular weight excluding hydrogens is 237 g/mol. The van der Waals surface area contributed by atoms with Gasteiger partial charge in [-0.15, -0.1) is 5.10 Å². The number of nitriles is 1. The summed E-state index contributed by atoms with van der Waals surface area (Å²) in [5, 5.41) is 12.4. The Balaban J connectivity index is 2.21. The number of benzene rings is 1. The number of halogens is 1. The van der Waals surface area contributed by atoms with Gasteiger partial charge in [0.25, 0.3) is 0 Å². The molecule has 1 aromatic carbocycles. The van der Waals surface area contributed by atoms with Crippen molar-refractivity contribution in [1.82, 2.24) is 9.78 Å². The first kappa shape index (κ1) is 12.0. The van der Waals surface area contributed by atoms with Gasteiger partial charge in [0.2, 0.25) is 5.89 Å². The van der Waals surface area contributed by atoms with Crippen LogP contribution in [0.2, 0.25) is 0 Å². The van der Waals surface area contributed by atoms with Gasteiger partial charge in [-0.3, -0.25) is 0 Å². The average molecular weight is 247 g/mol. The van der Waals surface area contributed by atoms with Crippen molar-refractivity contribution in [3.63, 3.8) is 0 Å². The Hall–Kier alpha value is -2.42. The van der Waals surface area contributed by atoms with Crippen LogP contribution in [0.1, 0.15) is 12.8 Å². The molecule has 5 nitrogen and oxygen atoms in total. The molecule has 0 bridgehead atoms. The molecule has 6 heteroatoms. The van der Waals surface area contributed by atoms with Crippen molar-refractivity contribution < 1.29 is 8.81 Å². The van der Waals surface area contributed by atoms with E-state index in [1.807, 2.05) is 6.07 Å². The summed E-state index contributed by atoms with van der Waals surface area (Å²) in [4.78, 5) is 11.5. The van der Waals surface area contributed by atoms with Crippen LogP contribution < -0.4 is 5.76 Å². The van der Waals surface area contributed by atoms with Gasteiger partial charge in [-0.2, -0.15) is 9.94 Å². The second-order valence-electron chi connectivity index (χ2n) is 3.66. The molecule has 0 aliphatic carbocycles. The predicted molar refractivity (Wildman–Crippen MR) is 61.0 cm³/mol. The largest absolute Gasteiger partial charge is 0.437 e. The first-order valence-electron chi connectivity index (χ1n) is 5.41. The zero-order chi connectivity index (χ0) is 13.0. The van der Waals surface area contributed by atoms with E-state index in [4.69, 9.17) is 9.68 Å². The fourth-order valence-electron chi connectivity index (χ4n) is 1.46. The molecule has 2 rings (SSSR count). The Morgan fingerprint density at radius 1 is 1.39 bits per heavy atom. The van der Waals surface area contributed by atoms with Crippen LogP contribution in [-0.4, -0.2) is 9.78 Å². The molecule has 0 unspecified atom stereocenters. The maximum atomic E-state index is 12.7. The third-order valence-electron chi connectivity index (χ3n) is 2.36. The van der Waals surface area contributed by atoms with Gasteiger partial charge in [0.1, 0.15) is 5.82 Å². The van der Waals surface area contributed by atoms with Gasteiger partial charge in [-0.05, 0) is 30.7 Å². The molecule has 2 aromatic rings. The maximum Gasteiger partial charge on any atom is 0.437 e. The maximum absolute atomic E-state index is 12.7.